The molecule has 9 heteroatoms. The minimum Gasteiger partial charge on any atom is -0.490 e. The molecule has 0 unspecified atom stereocenters. The third-order valence-corrected chi connectivity index (χ3v) is 8.63. The number of aromatic nitrogens is 4. The molecule has 6 aromatic rings. The van der Waals surface area contributed by atoms with Gasteiger partial charge in [0.15, 0.2) is 11.5 Å². The highest BCUT2D eigenvalue weighted by atomic mass is 16.6. The van der Waals surface area contributed by atoms with Crippen molar-refractivity contribution in [1.82, 2.24) is 19.6 Å². The van der Waals surface area contributed by atoms with Gasteiger partial charge in [-0.05, 0) is 85.8 Å². The van der Waals surface area contributed by atoms with Crippen molar-refractivity contribution in [2.75, 3.05) is 6.61 Å². The second-order valence-electron chi connectivity index (χ2n) is 13.0. The van der Waals surface area contributed by atoms with Crippen LogP contribution in [0, 0.1) is 13.8 Å². The third-order valence-electron chi connectivity index (χ3n) is 8.63. The van der Waals surface area contributed by atoms with E-state index in [1.165, 1.54) is 9.36 Å². The maximum absolute atomic E-state index is 14.3. The van der Waals surface area contributed by atoms with Gasteiger partial charge in [0.25, 0.3) is 11.1 Å². The SMILES string of the molecule is CCOc1cc(C(c2c(C)[nH]n(-c3ccccc3)c2=O)c2c(C)[nH]n(-c3ccccc3)c2=O)ccc1OC(=O)c1ccc(C(C)(C)C)cc1. The summed E-state index contributed by atoms with van der Waals surface area (Å²) in [5.74, 6) is -0.770. The number of aromatic amines is 2. The molecule has 0 aliphatic rings. The van der Waals surface area contributed by atoms with Crippen LogP contribution in [-0.2, 0) is 5.41 Å². The molecule has 4 aromatic carbocycles. The molecule has 9 nitrogen and oxygen atoms in total. The predicted octanol–water partition coefficient (Wildman–Crippen LogP) is 7.36. The molecule has 2 aromatic heterocycles. The van der Waals surface area contributed by atoms with Crippen molar-refractivity contribution >= 4 is 5.97 Å². The first-order chi connectivity index (χ1) is 23.5. The molecule has 250 valence electrons. The highest BCUT2D eigenvalue weighted by molar-refractivity contribution is 5.91. The van der Waals surface area contributed by atoms with Crippen molar-refractivity contribution in [3.63, 3.8) is 0 Å². The molecule has 0 bridgehead atoms. The average Bonchev–Trinajstić information content (AvgIpc) is 3.56. The van der Waals surface area contributed by atoms with E-state index in [1.807, 2.05) is 93.6 Å². The lowest BCUT2D eigenvalue weighted by molar-refractivity contribution is 0.0728. The van der Waals surface area contributed by atoms with Crippen LogP contribution in [-0.4, -0.2) is 32.1 Å². The number of nitrogens with zero attached hydrogens (tertiary/aromatic N) is 2. The Morgan fingerprint density at radius 1 is 0.714 bits per heavy atom. The zero-order chi connectivity index (χ0) is 34.9. The first-order valence-electron chi connectivity index (χ1n) is 16.3. The smallest absolute Gasteiger partial charge is 0.343 e. The maximum Gasteiger partial charge on any atom is 0.343 e. The number of carbonyl (C=O) groups is 1. The summed E-state index contributed by atoms with van der Waals surface area (Å²) < 4.78 is 14.8. The summed E-state index contributed by atoms with van der Waals surface area (Å²) in [6, 6.07) is 31.1. The van der Waals surface area contributed by atoms with Gasteiger partial charge in [0.05, 0.1) is 34.7 Å². The van der Waals surface area contributed by atoms with Crippen molar-refractivity contribution in [3.05, 3.63) is 163 Å². The van der Waals surface area contributed by atoms with Crippen LogP contribution in [0.5, 0.6) is 11.5 Å². The summed E-state index contributed by atoms with van der Waals surface area (Å²) >= 11 is 0. The van der Waals surface area contributed by atoms with Crippen LogP contribution in [0.15, 0.2) is 113 Å². The number of H-pyrrole nitrogens is 2. The van der Waals surface area contributed by atoms with Crippen LogP contribution in [0.3, 0.4) is 0 Å². The third kappa shape index (κ3) is 6.52. The normalized spacial score (nSPS) is 11.6. The molecule has 0 aliphatic carbocycles. The number of ether oxygens (including phenoxy) is 2. The fourth-order valence-corrected chi connectivity index (χ4v) is 6.12. The van der Waals surface area contributed by atoms with Gasteiger partial charge in [-0.2, -0.15) is 0 Å². The largest absolute Gasteiger partial charge is 0.490 e. The zero-order valence-corrected chi connectivity index (χ0v) is 28.5. The average molecular weight is 657 g/mol. The Morgan fingerprint density at radius 2 is 1.22 bits per heavy atom. The molecular formula is C40H40N4O5. The van der Waals surface area contributed by atoms with Gasteiger partial charge in [-0.3, -0.25) is 19.8 Å². The van der Waals surface area contributed by atoms with Crippen molar-refractivity contribution in [1.29, 1.82) is 0 Å². The number of esters is 1. The number of aryl methyl sites for hydroxylation is 2. The van der Waals surface area contributed by atoms with E-state index in [0.29, 0.717) is 57.4 Å². The van der Waals surface area contributed by atoms with Gasteiger partial charge >= 0.3 is 5.97 Å². The van der Waals surface area contributed by atoms with E-state index in [2.05, 4.69) is 31.0 Å². The number of para-hydroxylation sites is 2. The summed E-state index contributed by atoms with van der Waals surface area (Å²) in [5.41, 5.74) is 4.88. The first-order valence-corrected chi connectivity index (χ1v) is 16.3. The quantitative estimate of drug-likeness (QED) is 0.125. The summed E-state index contributed by atoms with van der Waals surface area (Å²) in [5, 5.41) is 6.44. The van der Waals surface area contributed by atoms with E-state index in [1.54, 1.807) is 30.3 Å². The Balaban J connectivity index is 1.48. The second-order valence-corrected chi connectivity index (χ2v) is 13.0. The lowest BCUT2D eigenvalue weighted by Gasteiger charge is -2.19. The Hall–Kier alpha value is -5.83. The van der Waals surface area contributed by atoms with Gasteiger partial charge in [0.2, 0.25) is 0 Å². The van der Waals surface area contributed by atoms with Crippen LogP contribution in [0.1, 0.15) is 77.6 Å². The van der Waals surface area contributed by atoms with Gasteiger partial charge in [0, 0.05) is 17.3 Å². The van der Waals surface area contributed by atoms with E-state index in [4.69, 9.17) is 9.47 Å². The number of benzene rings is 4. The van der Waals surface area contributed by atoms with Crippen molar-refractivity contribution in [3.8, 4) is 22.9 Å². The topological polar surface area (TPSA) is 111 Å². The second kappa shape index (κ2) is 13.4. The zero-order valence-electron chi connectivity index (χ0n) is 28.5. The number of hydrogen-bond acceptors (Lipinski definition) is 5. The van der Waals surface area contributed by atoms with Crippen LogP contribution in [0.25, 0.3) is 11.4 Å². The molecule has 2 N–H and O–H groups in total. The molecule has 0 fully saturated rings. The lowest BCUT2D eigenvalue weighted by Crippen LogP contribution is -2.25. The molecule has 0 saturated heterocycles. The standard InChI is InChI=1S/C40H40N4O5/c1-7-48-33-24-28(20-23-32(33)49-39(47)27-18-21-29(22-19-27)40(4,5)6)36(34-25(2)41-43(37(34)45)30-14-10-8-11-15-30)35-26(3)42-44(38(35)46)31-16-12-9-13-17-31/h8-24,36,41-42H,7H2,1-6H3. The summed E-state index contributed by atoms with van der Waals surface area (Å²) in [6.45, 7) is 12.1. The minimum atomic E-state index is -0.795. The summed E-state index contributed by atoms with van der Waals surface area (Å²) in [7, 11) is 0. The van der Waals surface area contributed by atoms with Crippen molar-refractivity contribution in [2.45, 2.75) is 52.9 Å². The molecule has 0 amide bonds. The molecular weight excluding hydrogens is 616 g/mol. The van der Waals surface area contributed by atoms with Crippen LogP contribution >= 0.6 is 0 Å². The van der Waals surface area contributed by atoms with Crippen molar-refractivity contribution in [2.24, 2.45) is 0 Å². The van der Waals surface area contributed by atoms with Gasteiger partial charge in [-0.15, -0.1) is 0 Å². The molecule has 0 aliphatic heterocycles. The molecule has 0 spiro atoms. The highest BCUT2D eigenvalue weighted by Crippen LogP contribution is 2.38. The Morgan fingerprint density at radius 3 is 1.69 bits per heavy atom. The number of hydrogen-bond donors (Lipinski definition) is 2. The molecule has 0 atom stereocenters. The molecule has 2 heterocycles. The van der Waals surface area contributed by atoms with Gasteiger partial charge in [0.1, 0.15) is 0 Å². The van der Waals surface area contributed by atoms with E-state index in [9.17, 15) is 14.4 Å². The fourth-order valence-electron chi connectivity index (χ4n) is 6.12. The van der Waals surface area contributed by atoms with Gasteiger partial charge < -0.3 is 9.47 Å². The monoisotopic (exact) mass is 656 g/mol. The highest BCUT2D eigenvalue weighted by Gasteiger charge is 2.32. The molecule has 0 radical (unpaired) electrons. The fraction of sp³-hybridized carbons (Fsp3) is 0.225. The number of carbonyl (C=O) groups excluding carboxylic acids is 1. The van der Waals surface area contributed by atoms with Crippen LogP contribution in [0.2, 0.25) is 0 Å². The molecule has 49 heavy (non-hydrogen) atoms. The Bertz CT molecular complexity index is 2120. The van der Waals surface area contributed by atoms with E-state index in [0.717, 1.165) is 5.56 Å². The molecule has 0 saturated carbocycles. The van der Waals surface area contributed by atoms with Crippen LogP contribution < -0.4 is 20.6 Å². The summed E-state index contributed by atoms with van der Waals surface area (Å²) in [6.07, 6.45) is 0. The van der Waals surface area contributed by atoms with E-state index < -0.39 is 11.9 Å². The minimum absolute atomic E-state index is 0.0543. The van der Waals surface area contributed by atoms with Gasteiger partial charge in [-0.25, -0.2) is 14.2 Å². The maximum atomic E-state index is 14.3. The number of rotatable bonds is 9. The predicted molar refractivity (Wildman–Crippen MR) is 191 cm³/mol. The van der Waals surface area contributed by atoms with E-state index in [-0.39, 0.29) is 22.3 Å². The van der Waals surface area contributed by atoms with Crippen molar-refractivity contribution < 1.29 is 14.3 Å². The Kier molecular flexibility index (Phi) is 9.01. The number of nitrogens with one attached hydrogen (secondary N) is 2. The molecule has 6 rings (SSSR count). The first kappa shape index (κ1) is 33.1. The summed E-state index contributed by atoms with van der Waals surface area (Å²) in [4.78, 5) is 41.8. The Labute approximate surface area is 284 Å². The van der Waals surface area contributed by atoms with Gasteiger partial charge in [-0.1, -0.05) is 75.4 Å². The van der Waals surface area contributed by atoms with Crippen LogP contribution in [0.4, 0.5) is 0 Å². The van der Waals surface area contributed by atoms with E-state index >= 15 is 0 Å². The lowest BCUT2D eigenvalue weighted by atomic mass is 9.85.